The fourth-order valence-electron chi connectivity index (χ4n) is 1.55. The van der Waals surface area contributed by atoms with Crippen LogP contribution < -0.4 is 5.32 Å². The highest BCUT2D eigenvalue weighted by Gasteiger charge is 2.22. The van der Waals surface area contributed by atoms with Crippen LogP contribution in [0.4, 0.5) is 0 Å². The minimum Gasteiger partial charge on any atom is -0.480 e. The van der Waals surface area contributed by atoms with Gasteiger partial charge in [-0.3, -0.25) is 4.79 Å². The van der Waals surface area contributed by atoms with Crippen LogP contribution in [0.5, 0.6) is 0 Å². The largest absolute Gasteiger partial charge is 0.480 e. The third kappa shape index (κ3) is 3.59. The number of hydrogen-bond acceptors (Lipinski definition) is 5. The van der Waals surface area contributed by atoms with Gasteiger partial charge in [0.1, 0.15) is 6.04 Å². The highest BCUT2D eigenvalue weighted by molar-refractivity contribution is 6.99. The lowest BCUT2D eigenvalue weighted by atomic mass is 10.1. The first-order valence-electron chi connectivity index (χ1n) is 5.52. The second-order valence-corrected chi connectivity index (χ2v) is 4.40. The van der Waals surface area contributed by atoms with Gasteiger partial charge < -0.3 is 10.4 Å². The summed E-state index contributed by atoms with van der Waals surface area (Å²) in [4.78, 5) is 22.9. The number of aromatic nitrogens is 2. The fourth-order valence-corrected chi connectivity index (χ4v) is 1.96. The third-order valence-corrected chi connectivity index (χ3v) is 2.96. The van der Waals surface area contributed by atoms with E-state index in [1.807, 2.05) is 30.3 Å². The predicted molar refractivity (Wildman–Crippen MR) is 68.9 cm³/mol. The molecule has 0 aliphatic rings. The molecule has 2 N–H and O–H groups in total. The minimum absolute atomic E-state index is 0.129. The maximum Gasteiger partial charge on any atom is 0.326 e. The zero-order valence-electron chi connectivity index (χ0n) is 9.81. The number of carbonyl (C=O) groups is 2. The zero-order valence-corrected chi connectivity index (χ0v) is 10.6. The Hall–Kier alpha value is -2.28. The van der Waals surface area contributed by atoms with Crippen LogP contribution in [-0.4, -0.2) is 31.8 Å². The number of carbonyl (C=O) groups excluding carboxylic acids is 1. The lowest BCUT2D eigenvalue weighted by molar-refractivity contribution is -0.139. The van der Waals surface area contributed by atoms with Gasteiger partial charge in [-0.25, -0.2) is 4.79 Å². The molecule has 0 bridgehead atoms. The van der Waals surface area contributed by atoms with Crippen molar-refractivity contribution in [1.29, 1.82) is 0 Å². The Morgan fingerprint density at radius 3 is 2.63 bits per heavy atom. The molecular weight excluding hydrogens is 266 g/mol. The van der Waals surface area contributed by atoms with E-state index in [2.05, 4.69) is 14.1 Å². The summed E-state index contributed by atoms with van der Waals surface area (Å²) in [7, 11) is 0. The monoisotopic (exact) mass is 277 g/mol. The first-order valence-corrected chi connectivity index (χ1v) is 6.25. The molecule has 19 heavy (non-hydrogen) atoms. The molecule has 0 radical (unpaired) electrons. The van der Waals surface area contributed by atoms with E-state index in [0.29, 0.717) is 0 Å². The zero-order chi connectivity index (χ0) is 13.7. The van der Waals surface area contributed by atoms with Gasteiger partial charge in [-0.1, -0.05) is 30.3 Å². The number of nitrogens with zero attached hydrogens (tertiary/aromatic N) is 2. The van der Waals surface area contributed by atoms with Gasteiger partial charge in [0.25, 0.3) is 5.91 Å². The lowest BCUT2D eigenvalue weighted by Gasteiger charge is -2.13. The topological polar surface area (TPSA) is 92.2 Å². The maximum atomic E-state index is 11.7. The SMILES string of the molecule is O=C(NC(Cc1ccccc1)C(=O)O)c1cnsn1. The van der Waals surface area contributed by atoms with Crippen molar-refractivity contribution >= 4 is 23.6 Å². The molecule has 0 saturated carbocycles. The van der Waals surface area contributed by atoms with Crippen molar-refractivity contribution < 1.29 is 14.7 Å². The van der Waals surface area contributed by atoms with Crippen molar-refractivity contribution in [3.8, 4) is 0 Å². The van der Waals surface area contributed by atoms with E-state index in [9.17, 15) is 9.59 Å². The smallest absolute Gasteiger partial charge is 0.326 e. The Bertz CT molecular complexity index is 557. The van der Waals surface area contributed by atoms with E-state index >= 15 is 0 Å². The van der Waals surface area contributed by atoms with Crippen LogP contribution in [0.3, 0.4) is 0 Å². The predicted octanol–water partition coefficient (Wildman–Crippen LogP) is 0.964. The molecule has 1 unspecified atom stereocenters. The molecule has 1 aromatic heterocycles. The fraction of sp³-hybridized carbons (Fsp3) is 0.167. The molecule has 98 valence electrons. The highest BCUT2D eigenvalue weighted by Crippen LogP contribution is 2.05. The van der Waals surface area contributed by atoms with Gasteiger partial charge in [0, 0.05) is 6.42 Å². The maximum absolute atomic E-state index is 11.7. The van der Waals surface area contributed by atoms with Crippen molar-refractivity contribution in [2.45, 2.75) is 12.5 Å². The molecule has 0 spiro atoms. The number of aliphatic carboxylic acids is 1. The number of carboxylic acid groups (broad SMARTS) is 1. The Balaban J connectivity index is 2.05. The average Bonchev–Trinajstić information content (AvgIpc) is 2.93. The second-order valence-electron chi connectivity index (χ2n) is 3.85. The van der Waals surface area contributed by atoms with Crippen molar-refractivity contribution in [3.05, 3.63) is 47.8 Å². The molecule has 1 heterocycles. The van der Waals surface area contributed by atoms with Gasteiger partial charge in [0.15, 0.2) is 5.69 Å². The van der Waals surface area contributed by atoms with Crippen molar-refractivity contribution in [3.63, 3.8) is 0 Å². The van der Waals surface area contributed by atoms with Crippen LogP contribution in [0.15, 0.2) is 36.5 Å². The summed E-state index contributed by atoms with van der Waals surface area (Å²) in [5.41, 5.74) is 0.968. The highest BCUT2D eigenvalue weighted by atomic mass is 32.1. The molecule has 1 amide bonds. The number of benzene rings is 1. The number of carboxylic acids is 1. The van der Waals surface area contributed by atoms with Gasteiger partial charge in [-0.05, 0) is 5.56 Å². The minimum atomic E-state index is -1.08. The molecule has 2 rings (SSSR count). The number of hydrogen-bond donors (Lipinski definition) is 2. The number of nitrogens with one attached hydrogen (secondary N) is 1. The van der Waals surface area contributed by atoms with E-state index in [1.54, 1.807) is 0 Å². The molecule has 1 atom stereocenters. The van der Waals surface area contributed by atoms with Crippen LogP contribution in [0, 0.1) is 0 Å². The number of amides is 1. The number of rotatable bonds is 5. The average molecular weight is 277 g/mol. The molecule has 0 aliphatic carbocycles. The van der Waals surface area contributed by atoms with E-state index < -0.39 is 17.9 Å². The van der Waals surface area contributed by atoms with Crippen LogP contribution in [0.25, 0.3) is 0 Å². The van der Waals surface area contributed by atoms with Crippen molar-refractivity contribution in [2.24, 2.45) is 0 Å². The van der Waals surface area contributed by atoms with E-state index in [4.69, 9.17) is 5.11 Å². The van der Waals surface area contributed by atoms with Crippen LogP contribution >= 0.6 is 11.7 Å². The molecule has 1 aromatic carbocycles. The van der Waals surface area contributed by atoms with Crippen molar-refractivity contribution in [1.82, 2.24) is 14.1 Å². The first-order chi connectivity index (χ1) is 9.16. The standard InChI is InChI=1S/C12H11N3O3S/c16-11(10-7-13-19-15-10)14-9(12(17)18)6-8-4-2-1-3-5-8/h1-5,7,9H,6H2,(H,14,16)(H,17,18). The normalized spacial score (nSPS) is 11.8. The molecule has 0 fully saturated rings. The third-order valence-electron chi connectivity index (χ3n) is 2.48. The van der Waals surface area contributed by atoms with Gasteiger partial charge in [0.05, 0.1) is 17.9 Å². The quantitative estimate of drug-likeness (QED) is 0.849. The summed E-state index contributed by atoms with van der Waals surface area (Å²) < 4.78 is 7.46. The lowest BCUT2D eigenvalue weighted by Crippen LogP contribution is -2.42. The van der Waals surface area contributed by atoms with E-state index in [-0.39, 0.29) is 12.1 Å². The Kier molecular flexibility index (Phi) is 4.19. The van der Waals surface area contributed by atoms with Gasteiger partial charge >= 0.3 is 5.97 Å². The van der Waals surface area contributed by atoms with E-state index in [1.165, 1.54) is 6.20 Å². The van der Waals surface area contributed by atoms with Gasteiger partial charge in [0.2, 0.25) is 0 Å². The summed E-state index contributed by atoms with van der Waals surface area (Å²) in [5.74, 6) is -1.61. The molecular formula is C12H11N3O3S. The molecule has 7 heteroatoms. The Morgan fingerprint density at radius 2 is 2.05 bits per heavy atom. The molecule has 0 aliphatic heterocycles. The second kappa shape index (κ2) is 6.05. The summed E-state index contributed by atoms with van der Waals surface area (Å²) in [6, 6.07) is 8.12. The summed E-state index contributed by atoms with van der Waals surface area (Å²) >= 11 is 0.899. The Labute approximate surface area is 113 Å². The summed E-state index contributed by atoms with van der Waals surface area (Å²) in [6.45, 7) is 0. The first kappa shape index (κ1) is 13.2. The van der Waals surface area contributed by atoms with Crippen LogP contribution in [0.2, 0.25) is 0 Å². The molecule has 2 aromatic rings. The molecule has 6 nitrogen and oxygen atoms in total. The summed E-state index contributed by atoms with van der Waals surface area (Å²) in [5, 5.41) is 11.6. The summed E-state index contributed by atoms with van der Waals surface area (Å²) in [6.07, 6.45) is 1.53. The van der Waals surface area contributed by atoms with Crippen LogP contribution in [0.1, 0.15) is 16.1 Å². The van der Waals surface area contributed by atoms with Crippen LogP contribution in [-0.2, 0) is 11.2 Å². The van der Waals surface area contributed by atoms with Crippen molar-refractivity contribution in [2.75, 3.05) is 0 Å². The Morgan fingerprint density at radius 1 is 1.32 bits per heavy atom. The molecule has 0 saturated heterocycles. The van der Waals surface area contributed by atoms with Gasteiger partial charge in [-0.15, -0.1) is 0 Å². The van der Waals surface area contributed by atoms with Gasteiger partial charge in [-0.2, -0.15) is 8.75 Å². The van der Waals surface area contributed by atoms with E-state index in [0.717, 1.165) is 17.3 Å².